The molecule has 1 aromatic carbocycles. The van der Waals surface area contributed by atoms with E-state index in [0.717, 1.165) is 19.3 Å². The standard InChI is InChI=1S/C18H20ClN3O2/c1-12-7-5-6-10-21(12)18(24)17-16(23)11-13(2)22(20-17)15-9-4-3-8-14(15)19/h3-4,8-9,11-12H,5-7,10H2,1-2H3/t12-/m1/s1. The van der Waals surface area contributed by atoms with Gasteiger partial charge in [0.25, 0.3) is 5.91 Å². The van der Waals surface area contributed by atoms with Crippen LogP contribution in [-0.4, -0.2) is 33.2 Å². The molecule has 1 fully saturated rings. The average molecular weight is 346 g/mol. The highest BCUT2D eigenvalue weighted by Crippen LogP contribution is 2.21. The number of para-hydroxylation sites is 1. The van der Waals surface area contributed by atoms with Crippen LogP contribution in [0.25, 0.3) is 5.69 Å². The van der Waals surface area contributed by atoms with Gasteiger partial charge in [-0.2, -0.15) is 5.10 Å². The lowest BCUT2D eigenvalue weighted by molar-refractivity contribution is 0.0626. The highest BCUT2D eigenvalue weighted by Gasteiger charge is 2.27. The van der Waals surface area contributed by atoms with Crippen LogP contribution in [0.4, 0.5) is 0 Å². The molecule has 1 saturated heterocycles. The Hall–Kier alpha value is -2.14. The normalized spacial score (nSPS) is 17.8. The molecule has 0 N–H and O–H groups in total. The lowest BCUT2D eigenvalue weighted by atomic mass is 10.0. The number of aryl methyl sites for hydroxylation is 1. The fourth-order valence-corrected chi connectivity index (χ4v) is 3.31. The fourth-order valence-electron chi connectivity index (χ4n) is 3.10. The first-order valence-electron chi connectivity index (χ1n) is 8.16. The molecule has 24 heavy (non-hydrogen) atoms. The molecule has 0 bridgehead atoms. The van der Waals surface area contributed by atoms with Crippen molar-refractivity contribution in [2.24, 2.45) is 0 Å². The molecule has 1 aliphatic rings. The van der Waals surface area contributed by atoms with Crippen LogP contribution in [0.1, 0.15) is 42.4 Å². The first-order chi connectivity index (χ1) is 11.5. The summed E-state index contributed by atoms with van der Waals surface area (Å²) in [6.45, 7) is 4.45. The number of hydrogen-bond acceptors (Lipinski definition) is 3. The molecule has 6 heteroatoms. The minimum atomic E-state index is -0.349. The summed E-state index contributed by atoms with van der Waals surface area (Å²) in [7, 11) is 0. The second-order valence-electron chi connectivity index (χ2n) is 6.21. The van der Waals surface area contributed by atoms with E-state index >= 15 is 0 Å². The number of halogens is 1. The third kappa shape index (κ3) is 3.08. The first kappa shape index (κ1) is 16.7. The molecule has 0 aliphatic carbocycles. The second kappa shape index (κ2) is 6.77. The van der Waals surface area contributed by atoms with Crippen molar-refractivity contribution in [1.82, 2.24) is 14.7 Å². The molecule has 5 nitrogen and oxygen atoms in total. The van der Waals surface area contributed by atoms with E-state index in [-0.39, 0.29) is 23.1 Å². The molecule has 1 aliphatic heterocycles. The SMILES string of the molecule is Cc1cc(=O)c(C(=O)N2CCCC[C@H]2C)nn1-c1ccccc1Cl. The van der Waals surface area contributed by atoms with Gasteiger partial charge in [-0.1, -0.05) is 23.7 Å². The van der Waals surface area contributed by atoms with Gasteiger partial charge in [0.1, 0.15) is 0 Å². The van der Waals surface area contributed by atoms with E-state index in [9.17, 15) is 9.59 Å². The van der Waals surface area contributed by atoms with Crippen LogP contribution in [0, 0.1) is 6.92 Å². The molecule has 1 amide bonds. The maximum absolute atomic E-state index is 12.8. The van der Waals surface area contributed by atoms with Gasteiger partial charge in [-0.25, -0.2) is 4.68 Å². The van der Waals surface area contributed by atoms with Crippen LogP contribution in [0.2, 0.25) is 5.02 Å². The Bertz CT molecular complexity index is 831. The topological polar surface area (TPSA) is 55.2 Å². The summed E-state index contributed by atoms with van der Waals surface area (Å²) < 4.78 is 1.56. The predicted molar refractivity (Wildman–Crippen MR) is 93.9 cm³/mol. The van der Waals surface area contributed by atoms with Gasteiger partial charge >= 0.3 is 0 Å². The number of likely N-dealkylation sites (tertiary alicyclic amines) is 1. The number of aromatic nitrogens is 2. The van der Waals surface area contributed by atoms with Gasteiger partial charge in [-0.3, -0.25) is 9.59 Å². The van der Waals surface area contributed by atoms with Gasteiger partial charge in [0.15, 0.2) is 5.69 Å². The van der Waals surface area contributed by atoms with Crippen molar-refractivity contribution in [2.45, 2.75) is 39.2 Å². The highest BCUT2D eigenvalue weighted by molar-refractivity contribution is 6.32. The molecule has 0 unspecified atom stereocenters. The number of carbonyl (C=O) groups is 1. The van der Waals surface area contributed by atoms with Gasteiger partial charge in [0.05, 0.1) is 10.7 Å². The van der Waals surface area contributed by atoms with Crippen LogP contribution in [0.5, 0.6) is 0 Å². The van der Waals surface area contributed by atoms with Crippen molar-refractivity contribution >= 4 is 17.5 Å². The summed E-state index contributed by atoms with van der Waals surface area (Å²) in [6.07, 6.45) is 3.02. The molecule has 0 spiro atoms. The van der Waals surface area contributed by atoms with Crippen LogP contribution >= 0.6 is 11.6 Å². The van der Waals surface area contributed by atoms with Crippen LogP contribution in [0.3, 0.4) is 0 Å². The molecule has 0 saturated carbocycles. The molecule has 3 rings (SSSR count). The lowest BCUT2D eigenvalue weighted by Gasteiger charge is -2.33. The average Bonchev–Trinajstić information content (AvgIpc) is 2.56. The van der Waals surface area contributed by atoms with Crippen molar-refractivity contribution in [3.8, 4) is 5.69 Å². The van der Waals surface area contributed by atoms with Crippen molar-refractivity contribution < 1.29 is 4.79 Å². The van der Waals surface area contributed by atoms with E-state index in [2.05, 4.69) is 5.10 Å². The van der Waals surface area contributed by atoms with E-state index in [1.54, 1.807) is 22.6 Å². The van der Waals surface area contributed by atoms with Crippen molar-refractivity contribution in [3.63, 3.8) is 0 Å². The maximum atomic E-state index is 12.8. The quantitative estimate of drug-likeness (QED) is 0.839. The smallest absolute Gasteiger partial charge is 0.278 e. The van der Waals surface area contributed by atoms with Crippen molar-refractivity contribution in [2.75, 3.05) is 6.54 Å². The number of benzene rings is 1. The Balaban J connectivity index is 2.06. The first-order valence-corrected chi connectivity index (χ1v) is 8.53. The molecule has 126 valence electrons. The molecule has 1 atom stereocenters. The molecule has 2 aromatic rings. The monoisotopic (exact) mass is 345 g/mol. The van der Waals surface area contributed by atoms with Crippen LogP contribution < -0.4 is 5.43 Å². The Morgan fingerprint density at radius 3 is 2.75 bits per heavy atom. The lowest BCUT2D eigenvalue weighted by Crippen LogP contribution is -2.44. The van der Waals surface area contributed by atoms with E-state index in [4.69, 9.17) is 11.6 Å². The summed E-state index contributed by atoms with van der Waals surface area (Å²) >= 11 is 6.24. The third-order valence-electron chi connectivity index (χ3n) is 4.45. The Labute approximate surface area is 145 Å². The zero-order chi connectivity index (χ0) is 17.3. The largest absolute Gasteiger partial charge is 0.334 e. The van der Waals surface area contributed by atoms with Crippen molar-refractivity contribution in [3.05, 3.63) is 57.0 Å². The van der Waals surface area contributed by atoms with Gasteiger partial charge in [-0.15, -0.1) is 0 Å². The van der Waals surface area contributed by atoms with Gasteiger partial charge < -0.3 is 4.90 Å². The predicted octanol–water partition coefficient (Wildman–Crippen LogP) is 3.21. The van der Waals surface area contributed by atoms with Gasteiger partial charge in [-0.05, 0) is 45.2 Å². The Kier molecular flexibility index (Phi) is 4.71. The zero-order valence-electron chi connectivity index (χ0n) is 13.8. The highest BCUT2D eigenvalue weighted by atomic mass is 35.5. The summed E-state index contributed by atoms with van der Waals surface area (Å²) in [5, 5.41) is 4.86. The Morgan fingerprint density at radius 2 is 2.04 bits per heavy atom. The van der Waals surface area contributed by atoms with Crippen LogP contribution in [-0.2, 0) is 0 Å². The number of piperidine rings is 1. The molecule has 0 radical (unpaired) electrons. The zero-order valence-corrected chi connectivity index (χ0v) is 14.6. The minimum Gasteiger partial charge on any atom is -0.334 e. The van der Waals surface area contributed by atoms with Gasteiger partial charge in [0, 0.05) is 24.3 Å². The summed E-state index contributed by atoms with van der Waals surface area (Å²) in [4.78, 5) is 26.9. The number of amides is 1. The third-order valence-corrected chi connectivity index (χ3v) is 4.77. The van der Waals surface area contributed by atoms with E-state index in [1.807, 2.05) is 25.1 Å². The van der Waals surface area contributed by atoms with E-state index < -0.39 is 0 Å². The number of hydrogen-bond donors (Lipinski definition) is 0. The summed E-state index contributed by atoms with van der Waals surface area (Å²) in [5.41, 5.74) is 0.890. The Morgan fingerprint density at radius 1 is 1.29 bits per heavy atom. The number of nitrogens with zero attached hydrogens (tertiary/aromatic N) is 3. The molecule has 2 heterocycles. The molecular weight excluding hydrogens is 326 g/mol. The number of carbonyl (C=O) groups excluding carboxylic acids is 1. The summed E-state index contributed by atoms with van der Waals surface area (Å²) in [6, 6.07) is 8.80. The van der Waals surface area contributed by atoms with Crippen molar-refractivity contribution in [1.29, 1.82) is 0 Å². The van der Waals surface area contributed by atoms with E-state index in [0.29, 0.717) is 22.9 Å². The number of rotatable bonds is 2. The fraction of sp³-hybridized carbons (Fsp3) is 0.389. The van der Waals surface area contributed by atoms with Crippen LogP contribution in [0.15, 0.2) is 35.1 Å². The summed E-state index contributed by atoms with van der Waals surface area (Å²) in [5.74, 6) is -0.298. The van der Waals surface area contributed by atoms with E-state index in [1.165, 1.54) is 6.07 Å². The minimum absolute atomic E-state index is 0.0470. The second-order valence-corrected chi connectivity index (χ2v) is 6.61. The maximum Gasteiger partial charge on any atom is 0.278 e. The molecular formula is C18H20ClN3O2. The molecule has 1 aromatic heterocycles. The van der Waals surface area contributed by atoms with Gasteiger partial charge in [0.2, 0.25) is 5.43 Å².